The number of rotatable bonds is 3. The molecule has 1 heterocycles. The second kappa shape index (κ2) is 4.32. The van der Waals surface area contributed by atoms with Gasteiger partial charge in [0.1, 0.15) is 0 Å². The average Bonchev–Trinajstić information content (AvgIpc) is 2.72. The van der Waals surface area contributed by atoms with Crippen molar-refractivity contribution in [3.8, 4) is 11.5 Å². The van der Waals surface area contributed by atoms with Gasteiger partial charge in [0.05, 0.1) is 0 Å². The normalized spacial score (nSPS) is 14.2. The number of carboxylic acids is 1. The van der Waals surface area contributed by atoms with Gasteiger partial charge in [-0.1, -0.05) is 6.07 Å². The highest BCUT2D eigenvalue weighted by Crippen LogP contribution is 2.34. The Hall–Kier alpha value is -2.24. The van der Waals surface area contributed by atoms with Crippen LogP contribution in [-0.2, 0) is 14.3 Å². The van der Waals surface area contributed by atoms with Gasteiger partial charge in [-0.2, -0.15) is 0 Å². The van der Waals surface area contributed by atoms with Crippen LogP contribution >= 0.6 is 0 Å². The van der Waals surface area contributed by atoms with E-state index in [9.17, 15) is 9.59 Å². The molecule has 0 spiro atoms. The van der Waals surface area contributed by atoms with Gasteiger partial charge in [-0.05, 0) is 12.1 Å². The van der Waals surface area contributed by atoms with Crippen molar-refractivity contribution in [2.24, 2.45) is 0 Å². The monoisotopic (exact) mass is 238 g/mol. The van der Waals surface area contributed by atoms with Gasteiger partial charge in [0.2, 0.25) is 12.9 Å². The summed E-state index contributed by atoms with van der Waals surface area (Å²) in [5.41, 5.74) is 0.331. The number of fused-ring (bicyclic) bond motifs is 1. The fraction of sp³-hybridized carbons (Fsp3) is 0.273. The van der Waals surface area contributed by atoms with E-state index in [0.717, 1.165) is 6.92 Å². The third kappa shape index (κ3) is 2.30. The van der Waals surface area contributed by atoms with E-state index in [-0.39, 0.29) is 6.79 Å². The molecular weight excluding hydrogens is 228 g/mol. The lowest BCUT2D eigenvalue weighted by atomic mass is 10.1. The van der Waals surface area contributed by atoms with Crippen LogP contribution in [0.2, 0.25) is 0 Å². The summed E-state index contributed by atoms with van der Waals surface area (Å²) in [5, 5.41) is 8.97. The van der Waals surface area contributed by atoms with Crippen molar-refractivity contribution in [3.63, 3.8) is 0 Å². The van der Waals surface area contributed by atoms with Crippen LogP contribution in [0, 0.1) is 0 Å². The van der Waals surface area contributed by atoms with Gasteiger partial charge in [-0.3, -0.25) is 4.79 Å². The van der Waals surface area contributed by atoms with Crippen LogP contribution in [0.15, 0.2) is 18.2 Å². The molecule has 0 bridgehead atoms. The Morgan fingerprint density at radius 3 is 2.71 bits per heavy atom. The van der Waals surface area contributed by atoms with Crippen LogP contribution in [0.1, 0.15) is 18.6 Å². The maximum atomic E-state index is 11.0. The smallest absolute Gasteiger partial charge is 0.349 e. The molecule has 1 N–H and O–H groups in total. The summed E-state index contributed by atoms with van der Waals surface area (Å²) in [6, 6.07) is 4.59. The first kappa shape index (κ1) is 11.3. The van der Waals surface area contributed by atoms with E-state index < -0.39 is 18.0 Å². The van der Waals surface area contributed by atoms with E-state index >= 15 is 0 Å². The third-order valence-electron chi connectivity index (χ3n) is 2.21. The molecule has 0 aliphatic carbocycles. The molecule has 1 aliphatic heterocycles. The fourth-order valence-corrected chi connectivity index (χ4v) is 1.50. The number of carboxylic acid groups (broad SMARTS) is 1. The molecule has 2 rings (SSSR count). The Labute approximate surface area is 96.7 Å². The maximum Gasteiger partial charge on any atom is 0.349 e. The summed E-state index contributed by atoms with van der Waals surface area (Å²) in [4.78, 5) is 21.8. The first-order valence-corrected chi connectivity index (χ1v) is 4.87. The third-order valence-corrected chi connectivity index (χ3v) is 2.21. The molecule has 1 aromatic carbocycles. The van der Waals surface area contributed by atoms with E-state index in [2.05, 4.69) is 0 Å². The van der Waals surface area contributed by atoms with Gasteiger partial charge in [-0.25, -0.2) is 4.79 Å². The van der Waals surface area contributed by atoms with Crippen LogP contribution in [0.3, 0.4) is 0 Å². The highest BCUT2D eigenvalue weighted by Gasteiger charge is 2.25. The van der Waals surface area contributed by atoms with Gasteiger partial charge in [0, 0.05) is 12.5 Å². The summed E-state index contributed by atoms with van der Waals surface area (Å²) in [5.74, 6) is -0.907. The number of esters is 1. The molecule has 0 saturated heterocycles. The molecule has 1 aliphatic rings. The molecule has 0 aromatic heterocycles. The maximum absolute atomic E-state index is 11.0. The highest BCUT2D eigenvalue weighted by atomic mass is 16.7. The molecule has 0 amide bonds. The van der Waals surface area contributed by atoms with Crippen molar-refractivity contribution in [3.05, 3.63) is 23.8 Å². The largest absolute Gasteiger partial charge is 0.478 e. The zero-order valence-corrected chi connectivity index (χ0v) is 9.00. The predicted molar refractivity (Wildman–Crippen MR) is 54.7 cm³/mol. The van der Waals surface area contributed by atoms with Crippen molar-refractivity contribution >= 4 is 11.9 Å². The van der Waals surface area contributed by atoms with E-state index in [1.54, 1.807) is 6.07 Å². The highest BCUT2D eigenvalue weighted by molar-refractivity contribution is 5.78. The minimum absolute atomic E-state index is 0.101. The predicted octanol–water partition coefficient (Wildman–Crippen LogP) is 1.10. The summed E-state index contributed by atoms with van der Waals surface area (Å²) in [6.45, 7) is 1.26. The fourth-order valence-electron chi connectivity index (χ4n) is 1.50. The Morgan fingerprint density at radius 1 is 1.35 bits per heavy atom. The number of carbonyl (C=O) groups is 2. The number of hydrogen-bond donors (Lipinski definition) is 1. The van der Waals surface area contributed by atoms with Crippen molar-refractivity contribution in [1.29, 1.82) is 0 Å². The minimum atomic E-state index is -1.33. The Bertz CT molecular complexity index is 467. The summed E-state index contributed by atoms with van der Waals surface area (Å²) >= 11 is 0. The molecule has 1 atom stereocenters. The van der Waals surface area contributed by atoms with Crippen LogP contribution in [0.5, 0.6) is 11.5 Å². The standard InChI is InChI=1S/C11H10O6/c1-6(12)17-10(11(13)14)7-2-3-8-9(4-7)16-5-15-8/h2-4,10H,5H2,1H3,(H,13,14). The molecule has 1 unspecified atom stereocenters. The zero-order chi connectivity index (χ0) is 12.4. The zero-order valence-electron chi connectivity index (χ0n) is 9.00. The number of aliphatic carboxylic acids is 1. The van der Waals surface area contributed by atoms with Crippen LogP contribution in [0.4, 0.5) is 0 Å². The molecule has 0 radical (unpaired) electrons. The summed E-state index contributed by atoms with van der Waals surface area (Å²) in [6.07, 6.45) is -1.33. The van der Waals surface area contributed by atoms with Crippen LogP contribution in [0.25, 0.3) is 0 Å². The summed E-state index contributed by atoms with van der Waals surface area (Å²) < 4.78 is 14.9. The number of benzene rings is 1. The summed E-state index contributed by atoms with van der Waals surface area (Å²) in [7, 11) is 0. The number of ether oxygens (including phenoxy) is 3. The van der Waals surface area contributed by atoms with Crippen molar-refractivity contribution < 1.29 is 28.9 Å². The van der Waals surface area contributed by atoms with Crippen molar-refractivity contribution in [2.75, 3.05) is 6.79 Å². The SMILES string of the molecule is CC(=O)OC(C(=O)O)c1ccc2c(c1)OCO2. The molecule has 6 heteroatoms. The molecule has 0 fully saturated rings. The van der Waals surface area contributed by atoms with Gasteiger partial charge >= 0.3 is 11.9 Å². The van der Waals surface area contributed by atoms with Crippen LogP contribution < -0.4 is 9.47 Å². The first-order chi connectivity index (χ1) is 8.08. The van der Waals surface area contributed by atoms with E-state index in [1.807, 2.05) is 0 Å². The van der Waals surface area contributed by atoms with E-state index in [1.165, 1.54) is 12.1 Å². The van der Waals surface area contributed by atoms with E-state index in [4.69, 9.17) is 19.3 Å². The second-order valence-electron chi connectivity index (χ2n) is 3.44. The number of hydrogen-bond acceptors (Lipinski definition) is 5. The molecule has 17 heavy (non-hydrogen) atoms. The lowest BCUT2D eigenvalue weighted by molar-refractivity contribution is -0.163. The van der Waals surface area contributed by atoms with Crippen molar-refractivity contribution in [2.45, 2.75) is 13.0 Å². The van der Waals surface area contributed by atoms with Crippen LogP contribution in [-0.4, -0.2) is 23.8 Å². The molecular formula is C11H10O6. The lowest BCUT2D eigenvalue weighted by Gasteiger charge is -2.12. The van der Waals surface area contributed by atoms with Gasteiger partial charge in [0.25, 0.3) is 0 Å². The van der Waals surface area contributed by atoms with Crippen molar-refractivity contribution in [1.82, 2.24) is 0 Å². The van der Waals surface area contributed by atoms with Gasteiger partial charge in [0.15, 0.2) is 11.5 Å². The Morgan fingerprint density at radius 2 is 2.06 bits per heavy atom. The average molecular weight is 238 g/mol. The quantitative estimate of drug-likeness (QED) is 0.794. The molecule has 90 valence electrons. The molecule has 0 saturated carbocycles. The topological polar surface area (TPSA) is 82.1 Å². The first-order valence-electron chi connectivity index (χ1n) is 4.87. The minimum Gasteiger partial charge on any atom is -0.478 e. The molecule has 1 aromatic rings. The number of carbonyl (C=O) groups excluding carboxylic acids is 1. The van der Waals surface area contributed by atoms with E-state index in [0.29, 0.717) is 17.1 Å². The Balaban J connectivity index is 2.30. The van der Waals surface area contributed by atoms with Gasteiger partial charge in [-0.15, -0.1) is 0 Å². The Kier molecular flexibility index (Phi) is 2.86. The van der Waals surface area contributed by atoms with Gasteiger partial charge < -0.3 is 19.3 Å². The second-order valence-corrected chi connectivity index (χ2v) is 3.44. The lowest BCUT2D eigenvalue weighted by Crippen LogP contribution is -2.17. The molecule has 6 nitrogen and oxygen atoms in total.